The molecule has 0 bridgehead atoms. The van der Waals surface area contributed by atoms with Gasteiger partial charge >= 0.3 is 6.09 Å². The number of hydrogen-bond donors (Lipinski definition) is 3. The number of rotatable bonds is 12. The van der Waals surface area contributed by atoms with Gasteiger partial charge in [0, 0.05) is 13.0 Å². The molecule has 148 valence electrons. The molecule has 3 amide bonds. The van der Waals surface area contributed by atoms with Gasteiger partial charge in [-0.05, 0) is 30.7 Å². The zero-order chi connectivity index (χ0) is 19.5. The standard InChI is InChI=1S/C20H29N3O4/c21-19(25)17(13-15-10-11-15)23-18(24)9-5-2-6-12-22-20(26)27-14-16-7-3-1-4-8-16/h1,3-4,7-8,15,17H,2,5-6,9-14H2,(H2,21,25)(H,22,26)(H,23,24)/t17-/m0/s1. The number of benzene rings is 1. The third kappa shape index (κ3) is 9.08. The van der Waals surface area contributed by atoms with Crippen molar-refractivity contribution in [2.24, 2.45) is 11.7 Å². The lowest BCUT2D eigenvalue weighted by atomic mass is 10.1. The fourth-order valence-corrected chi connectivity index (χ4v) is 2.75. The van der Waals surface area contributed by atoms with Crippen LogP contribution in [0.5, 0.6) is 0 Å². The van der Waals surface area contributed by atoms with E-state index in [2.05, 4.69) is 10.6 Å². The molecule has 1 atom stereocenters. The van der Waals surface area contributed by atoms with Crippen molar-refractivity contribution in [2.75, 3.05) is 6.54 Å². The SMILES string of the molecule is NC(=O)[C@H](CC1CC1)NC(=O)CCCCCNC(=O)OCc1ccccc1. The summed E-state index contributed by atoms with van der Waals surface area (Å²) in [6.07, 6.45) is 5.04. The largest absolute Gasteiger partial charge is 0.445 e. The van der Waals surface area contributed by atoms with Crippen LogP contribution in [0.25, 0.3) is 0 Å². The normalized spacial score (nSPS) is 14.2. The van der Waals surface area contributed by atoms with Crippen molar-refractivity contribution in [1.82, 2.24) is 10.6 Å². The van der Waals surface area contributed by atoms with Crippen LogP contribution in [0.3, 0.4) is 0 Å². The fourth-order valence-electron chi connectivity index (χ4n) is 2.75. The van der Waals surface area contributed by atoms with Gasteiger partial charge in [-0.15, -0.1) is 0 Å². The minimum absolute atomic E-state index is 0.144. The minimum atomic E-state index is -0.550. The highest BCUT2D eigenvalue weighted by molar-refractivity contribution is 5.86. The van der Waals surface area contributed by atoms with Gasteiger partial charge in [0.05, 0.1) is 0 Å². The van der Waals surface area contributed by atoms with Crippen LogP contribution in [0, 0.1) is 5.92 Å². The summed E-state index contributed by atoms with van der Waals surface area (Å²) in [6, 6.07) is 8.93. The second kappa shape index (κ2) is 11.2. The second-order valence-corrected chi connectivity index (χ2v) is 7.00. The Hall–Kier alpha value is -2.57. The van der Waals surface area contributed by atoms with Crippen LogP contribution in [0.4, 0.5) is 4.79 Å². The van der Waals surface area contributed by atoms with Crippen LogP contribution in [-0.2, 0) is 20.9 Å². The Labute approximate surface area is 160 Å². The molecular formula is C20H29N3O4. The van der Waals surface area contributed by atoms with Crippen LogP contribution >= 0.6 is 0 Å². The zero-order valence-electron chi connectivity index (χ0n) is 15.6. The van der Waals surface area contributed by atoms with E-state index in [1.807, 2.05) is 30.3 Å². The molecule has 1 aromatic carbocycles. The lowest BCUT2D eigenvalue weighted by molar-refractivity contribution is -0.127. The quantitative estimate of drug-likeness (QED) is 0.487. The van der Waals surface area contributed by atoms with E-state index in [0.29, 0.717) is 31.7 Å². The van der Waals surface area contributed by atoms with E-state index >= 15 is 0 Å². The molecule has 7 heteroatoms. The molecule has 0 aromatic heterocycles. The van der Waals surface area contributed by atoms with E-state index in [-0.39, 0.29) is 12.5 Å². The van der Waals surface area contributed by atoms with Gasteiger partial charge < -0.3 is 21.1 Å². The number of nitrogens with one attached hydrogen (secondary N) is 2. The number of nitrogens with two attached hydrogens (primary N) is 1. The number of primary amides is 1. The van der Waals surface area contributed by atoms with Crippen molar-refractivity contribution < 1.29 is 19.1 Å². The predicted molar refractivity (Wildman–Crippen MR) is 102 cm³/mol. The second-order valence-electron chi connectivity index (χ2n) is 7.00. The molecule has 2 rings (SSSR count). The Morgan fingerprint density at radius 2 is 1.85 bits per heavy atom. The van der Waals surface area contributed by atoms with E-state index in [1.54, 1.807) is 0 Å². The number of carbonyl (C=O) groups is 3. The number of unbranched alkanes of at least 4 members (excludes halogenated alkanes) is 2. The summed E-state index contributed by atoms with van der Waals surface area (Å²) in [5.74, 6) is -0.0846. The van der Waals surface area contributed by atoms with Gasteiger partial charge in [0.2, 0.25) is 11.8 Å². The first-order valence-electron chi connectivity index (χ1n) is 9.58. The molecule has 0 spiro atoms. The highest BCUT2D eigenvalue weighted by atomic mass is 16.5. The average molecular weight is 375 g/mol. The molecular weight excluding hydrogens is 346 g/mol. The maximum Gasteiger partial charge on any atom is 0.407 e. The number of hydrogen-bond acceptors (Lipinski definition) is 4. The van der Waals surface area contributed by atoms with E-state index in [4.69, 9.17) is 10.5 Å². The molecule has 1 aliphatic rings. The van der Waals surface area contributed by atoms with E-state index < -0.39 is 18.0 Å². The fraction of sp³-hybridized carbons (Fsp3) is 0.550. The average Bonchev–Trinajstić information content (AvgIpc) is 3.47. The summed E-state index contributed by atoms with van der Waals surface area (Å²) < 4.78 is 5.12. The van der Waals surface area contributed by atoms with Crippen molar-refractivity contribution in [1.29, 1.82) is 0 Å². The van der Waals surface area contributed by atoms with Gasteiger partial charge in [-0.25, -0.2) is 4.79 Å². The first kappa shape index (κ1) is 20.7. The highest BCUT2D eigenvalue weighted by Gasteiger charge is 2.28. The molecule has 1 saturated carbocycles. The summed E-state index contributed by atoms with van der Waals surface area (Å²) in [5, 5.41) is 5.42. The third-order valence-electron chi connectivity index (χ3n) is 4.51. The summed E-state index contributed by atoms with van der Waals surface area (Å²) in [4.78, 5) is 34.9. The Morgan fingerprint density at radius 1 is 1.11 bits per heavy atom. The molecule has 1 aromatic rings. The molecule has 1 aliphatic carbocycles. The Morgan fingerprint density at radius 3 is 2.52 bits per heavy atom. The molecule has 4 N–H and O–H groups in total. The van der Waals surface area contributed by atoms with Gasteiger partial charge in [0.25, 0.3) is 0 Å². The number of carbonyl (C=O) groups excluding carboxylic acids is 3. The molecule has 0 saturated heterocycles. The third-order valence-corrected chi connectivity index (χ3v) is 4.51. The topological polar surface area (TPSA) is 111 Å². The molecule has 7 nitrogen and oxygen atoms in total. The van der Waals surface area contributed by atoms with Crippen LogP contribution in [0.2, 0.25) is 0 Å². The molecule has 0 radical (unpaired) electrons. The molecule has 0 aliphatic heterocycles. The Balaban J connectivity index is 1.48. The summed E-state index contributed by atoms with van der Waals surface area (Å²) in [7, 11) is 0. The van der Waals surface area contributed by atoms with Gasteiger partial charge in [0.15, 0.2) is 0 Å². The molecule has 0 unspecified atom stereocenters. The lowest BCUT2D eigenvalue weighted by Crippen LogP contribution is -2.44. The van der Waals surface area contributed by atoms with Gasteiger partial charge in [-0.3, -0.25) is 9.59 Å². The van der Waals surface area contributed by atoms with Crippen molar-refractivity contribution in [2.45, 2.75) is 57.6 Å². The smallest absolute Gasteiger partial charge is 0.407 e. The van der Waals surface area contributed by atoms with Crippen molar-refractivity contribution in [3.8, 4) is 0 Å². The summed E-state index contributed by atoms with van der Waals surface area (Å²) in [6.45, 7) is 0.746. The predicted octanol–water partition coefficient (Wildman–Crippen LogP) is 2.24. The maximum atomic E-state index is 11.9. The Kier molecular flexibility index (Phi) is 8.61. The monoisotopic (exact) mass is 375 g/mol. The van der Waals surface area contributed by atoms with Crippen LogP contribution in [0.15, 0.2) is 30.3 Å². The van der Waals surface area contributed by atoms with E-state index in [0.717, 1.165) is 31.2 Å². The van der Waals surface area contributed by atoms with E-state index in [9.17, 15) is 14.4 Å². The molecule has 27 heavy (non-hydrogen) atoms. The van der Waals surface area contributed by atoms with Crippen molar-refractivity contribution in [3.63, 3.8) is 0 Å². The zero-order valence-corrected chi connectivity index (χ0v) is 15.6. The minimum Gasteiger partial charge on any atom is -0.445 e. The molecule has 0 heterocycles. The number of alkyl carbamates (subject to hydrolysis) is 1. The summed E-state index contributed by atoms with van der Waals surface area (Å²) in [5.41, 5.74) is 6.28. The van der Waals surface area contributed by atoms with Gasteiger partial charge in [-0.1, -0.05) is 49.6 Å². The van der Waals surface area contributed by atoms with E-state index in [1.165, 1.54) is 0 Å². The maximum absolute atomic E-state index is 11.9. The molecule has 1 fully saturated rings. The van der Waals surface area contributed by atoms with Gasteiger partial charge in [0.1, 0.15) is 12.6 Å². The number of amides is 3. The van der Waals surface area contributed by atoms with Crippen molar-refractivity contribution in [3.05, 3.63) is 35.9 Å². The van der Waals surface area contributed by atoms with Gasteiger partial charge in [-0.2, -0.15) is 0 Å². The first-order chi connectivity index (χ1) is 13.0. The Bertz CT molecular complexity index is 617. The van der Waals surface area contributed by atoms with Crippen molar-refractivity contribution >= 4 is 17.9 Å². The lowest BCUT2D eigenvalue weighted by Gasteiger charge is -2.15. The van der Waals surface area contributed by atoms with Crippen LogP contribution in [-0.4, -0.2) is 30.5 Å². The first-order valence-corrected chi connectivity index (χ1v) is 9.58. The van der Waals surface area contributed by atoms with Crippen LogP contribution in [0.1, 0.15) is 50.5 Å². The summed E-state index contributed by atoms with van der Waals surface area (Å²) >= 11 is 0. The number of ether oxygens (including phenoxy) is 1. The highest BCUT2D eigenvalue weighted by Crippen LogP contribution is 2.33. The van der Waals surface area contributed by atoms with Crippen LogP contribution < -0.4 is 16.4 Å².